The van der Waals surface area contributed by atoms with Crippen molar-refractivity contribution >= 4 is 11.4 Å². The van der Waals surface area contributed by atoms with Crippen LogP contribution in [-0.4, -0.2) is 5.78 Å². The van der Waals surface area contributed by atoms with E-state index in [4.69, 9.17) is 0 Å². The number of carbonyl (C=O) groups is 1. The minimum absolute atomic E-state index is 0.344. The number of benzene rings is 3. The first kappa shape index (κ1) is 20.1. The quantitative estimate of drug-likeness (QED) is 0.389. The van der Waals surface area contributed by atoms with Crippen molar-refractivity contribution in [3.8, 4) is 0 Å². The fraction of sp³-hybridized carbons (Fsp3) is 0.207. The van der Waals surface area contributed by atoms with E-state index in [1.807, 2.05) is 18.2 Å². The zero-order chi connectivity index (χ0) is 20.6. The standard InChI is InChI=1S/C29H28O/c30-27(19-16-23-10-4-1-5-11-23)20-17-26-18-21-28(25-14-8-3-9-15-25)29(26)22-24-12-6-2-7-13-24/h1-15,18,21,29H,16-17,19-20,22H2. The van der Waals surface area contributed by atoms with Crippen molar-refractivity contribution in [2.75, 3.05) is 0 Å². The first-order valence-corrected chi connectivity index (χ1v) is 10.9. The average molecular weight is 393 g/mol. The van der Waals surface area contributed by atoms with Gasteiger partial charge in [0.05, 0.1) is 0 Å². The van der Waals surface area contributed by atoms with Crippen LogP contribution in [-0.2, 0) is 17.6 Å². The van der Waals surface area contributed by atoms with Crippen molar-refractivity contribution in [1.29, 1.82) is 0 Å². The SMILES string of the molecule is O=C(CCC1=CC=C(c2ccccc2)C1Cc1ccccc1)CCc1ccccc1. The van der Waals surface area contributed by atoms with E-state index in [0.29, 0.717) is 24.5 Å². The minimum Gasteiger partial charge on any atom is -0.300 e. The summed E-state index contributed by atoms with van der Waals surface area (Å²) in [7, 11) is 0. The highest BCUT2D eigenvalue weighted by Gasteiger charge is 2.24. The number of hydrogen-bond acceptors (Lipinski definition) is 1. The lowest BCUT2D eigenvalue weighted by Crippen LogP contribution is -2.10. The molecule has 3 aromatic carbocycles. The second kappa shape index (κ2) is 10.0. The zero-order valence-corrected chi connectivity index (χ0v) is 17.3. The molecule has 30 heavy (non-hydrogen) atoms. The van der Waals surface area contributed by atoms with E-state index in [0.717, 1.165) is 19.3 Å². The molecule has 0 fully saturated rings. The molecule has 0 amide bonds. The fourth-order valence-electron chi connectivity index (χ4n) is 4.24. The predicted octanol–water partition coefficient (Wildman–Crippen LogP) is 6.85. The molecule has 0 aliphatic heterocycles. The molecule has 1 heteroatoms. The molecule has 1 unspecified atom stereocenters. The molecular weight excluding hydrogens is 364 g/mol. The van der Waals surface area contributed by atoms with Crippen LogP contribution >= 0.6 is 0 Å². The zero-order valence-electron chi connectivity index (χ0n) is 17.3. The molecule has 1 atom stereocenters. The van der Waals surface area contributed by atoms with Gasteiger partial charge in [-0.1, -0.05) is 109 Å². The second-order valence-electron chi connectivity index (χ2n) is 8.00. The lowest BCUT2D eigenvalue weighted by molar-refractivity contribution is -0.119. The van der Waals surface area contributed by atoms with Gasteiger partial charge in [-0.05, 0) is 41.5 Å². The number of allylic oxidation sites excluding steroid dienone is 4. The molecule has 0 bridgehead atoms. The molecule has 4 rings (SSSR count). The Labute approximate surface area is 179 Å². The topological polar surface area (TPSA) is 17.1 Å². The summed E-state index contributed by atoms with van der Waals surface area (Å²) in [6.07, 6.45) is 8.41. The monoisotopic (exact) mass is 392 g/mol. The Morgan fingerprint density at radius 2 is 1.20 bits per heavy atom. The highest BCUT2D eigenvalue weighted by molar-refractivity contribution is 5.80. The van der Waals surface area contributed by atoms with Crippen LogP contribution < -0.4 is 0 Å². The molecule has 0 aromatic heterocycles. The van der Waals surface area contributed by atoms with Crippen molar-refractivity contribution in [1.82, 2.24) is 0 Å². The van der Waals surface area contributed by atoms with E-state index in [2.05, 4.69) is 84.9 Å². The van der Waals surface area contributed by atoms with Gasteiger partial charge in [0.15, 0.2) is 0 Å². The molecule has 1 aliphatic carbocycles. The van der Waals surface area contributed by atoms with Gasteiger partial charge < -0.3 is 0 Å². The van der Waals surface area contributed by atoms with Crippen LogP contribution in [0.3, 0.4) is 0 Å². The Hall–Kier alpha value is -3.19. The largest absolute Gasteiger partial charge is 0.300 e. The highest BCUT2D eigenvalue weighted by Crippen LogP contribution is 2.38. The Bertz CT molecular complexity index is 1010. The third-order valence-corrected chi connectivity index (χ3v) is 5.92. The lowest BCUT2D eigenvalue weighted by atomic mass is 9.83. The van der Waals surface area contributed by atoms with E-state index in [1.54, 1.807) is 0 Å². The van der Waals surface area contributed by atoms with Crippen molar-refractivity contribution in [2.45, 2.75) is 32.1 Å². The Kier molecular flexibility index (Phi) is 6.72. The molecule has 0 saturated carbocycles. The summed E-state index contributed by atoms with van der Waals surface area (Å²) in [5.41, 5.74) is 6.60. The average Bonchev–Trinajstić information content (AvgIpc) is 3.20. The van der Waals surface area contributed by atoms with Crippen molar-refractivity contribution in [3.63, 3.8) is 0 Å². The smallest absolute Gasteiger partial charge is 0.133 e. The van der Waals surface area contributed by atoms with Crippen LogP contribution in [0.25, 0.3) is 5.57 Å². The first-order valence-electron chi connectivity index (χ1n) is 10.9. The first-order chi connectivity index (χ1) is 14.8. The Morgan fingerprint density at radius 3 is 1.87 bits per heavy atom. The summed E-state index contributed by atoms with van der Waals surface area (Å²) in [4.78, 5) is 12.5. The van der Waals surface area contributed by atoms with Crippen molar-refractivity contribution in [3.05, 3.63) is 125 Å². The van der Waals surface area contributed by atoms with Gasteiger partial charge in [0.1, 0.15) is 5.78 Å². The van der Waals surface area contributed by atoms with E-state index in [1.165, 1.54) is 27.8 Å². The summed E-state index contributed by atoms with van der Waals surface area (Å²) in [5, 5.41) is 0. The van der Waals surface area contributed by atoms with E-state index >= 15 is 0 Å². The normalized spacial score (nSPS) is 15.5. The molecule has 0 saturated heterocycles. The number of hydrogen-bond donors (Lipinski definition) is 0. The Morgan fingerprint density at radius 1 is 0.633 bits per heavy atom. The molecular formula is C29H28O. The summed E-state index contributed by atoms with van der Waals surface area (Å²) < 4.78 is 0. The number of aryl methyl sites for hydroxylation is 1. The van der Waals surface area contributed by atoms with Crippen LogP contribution in [0.4, 0.5) is 0 Å². The minimum atomic E-state index is 0.344. The van der Waals surface area contributed by atoms with Gasteiger partial charge in [-0.2, -0.15) is 0 Å². The van der Waals surface area contributed by atoms with Gasteiger partial charge in [-0.15, -0.1) is 0 Å². The van der Waals surface area contributed by atoms with E-state index in [-0.39, 0.29) is 0 Å². The lowest BCUT2D eigenvalue weighted by Gasteiger charge is -2.20. The summed E-state index contributed by atoms with van der Waals surface area (Å²) in [6, 6.07) is 31.6. The van der Waals surface area contributed by atoms with Gasteiger partial charge >= 0.3 is 0 Å². The van der Waals surface area contributed by atoms with E-state index < -0.39 is 0 Å². The van der Waals surface area contributed by atoms with Crippen LogP contribution in [0.1, 0.15) is 36.0 Å². The molecule has 0 radical (unpaired) electrons. The van der Waals surface area contributed by atoms with Gasteiger partial charge in [-0.3, -0.25) is 4.79 Å². The van der Waals surface area contributed by atoms with Gasteiger partial charge in [-0.25, -0.2) is 0 Å². The fourth-order valence-corrected chi connectivity index (χ4v) is 4.24. The van der Waals surface area contributed by atoms with Gasteiger partial charge in [0.2, 0.25) is 0 Å². The molecule has 3 aromatic rings. The summed E-state index contributed by atoms with van der Waals surface area (Å²) in [5.74, 6) is 0.697. The second-order valence-corrected chi connectivity index (χ2v) is 8.00. The maximum absolute atomic E-state index is 12.5. The molecule has 0 spiro atoms. The molecule has 1 nitrogen and oxygen atoms in total. The number of carbonyl (C=O) groups excluding carboxylic acids is 1. The molecule has 0 N–H and O–H groups in total. The maximum Gasteiger partial charge on any atom is 0.133 e. The highest BCUT2D eigenvalue weighted by atomic mass is 16.1. The summed E-state index contributed by atoms with van der Waals surface area (Å²) >= 11 is 0. The number of Topliss-reactive ketones (excluding diaryl/α,β-unsaturated/α-hetero) is 1. The third kappa shape index (κ3) is 5.24. The van der Waals surface area contributed by atoms with Crippen LogP contribution in [0.2, 0.25) is 0 Å². The third-order valence-electron chi connectivity index (χ3n) is 5.92. The van der Waals surface area contributed by atoms with Crippen LogP contribution in [0.15, 0.2) is 109 Å². The van der Waals surface area contributed by atoms with Crippen LogP contribution in [0.5, 0.6) is 0 Å². The predicted molar refractivity (Wildman–Crippen MR) is 125 cm³/mol. The van der Waals surface area contributed by atoms with Gasteiger partial charge in [0, 0.05) is 18.8 Å². The van der Waals surface area contributed by atoms with Crippen molar-refractivity contribution < 1.29 is 4.79 Å². The number of rotatable bonds is 9. The van der Waals surface area contributed by atoms with E-state index in [9.17, 15) is 4.79 Å². The Balaban J connectivity index is 1.40. The molecule has 1 aliphatic rings. The summed E-state index contributed by atoms with van der Waals surface area (Å²) in [6.45, 7) is 0. The maximum atomic E-state index is 12.5. The number of ketones is 1. The molecule has 150 valence electrons. The van der Waals surface area contributed by atoms with Crippen LogP contribution in [0, 0.1) is 5.92 Å². The van der Waals surface area contributed by atoms with Crippen molar-refractivity contribution in [2.24, 2.45) is 5.92 Å². The van der Waals surface area contributed by atoms with Gasteiger partial charge in [0.25, 0.3) is 0 Å². The molecule has 0 heterocycles.